The normalized spacial score (nSPS) is 17.8. The molecule has 66 valence electrons. The van der Waals surface area contributed by atoms with Crippen LogP contribution < -0.4 is 0 Å². The fourth-order valence-electron chi connectivity index (χ4n) is 1.17. The van der Waals surface area contributed by atoms with Crippen LogP contribution in [0.3, 0.4) is 0 Å². The average Bonchev–Trinajstić information content (AvgIpc) is 2.33. The van der Waals surface area contributed by atoms with Gasteiger partial charge in [0.1, 0.15) is 12.9 Å². The van der Waals surface area contributed by atoms with Gasteiger partial charge >= 0.3 is 0 Å². The Hall–Kier alpha value is -0.900. The molecule has 1 saturated carbocycles. The summed E-state index contributed by atoms with van der Waals surface area (Å²) in [6, 6.07) is 0. The van der Waals surface area contributed by atoms with Crippen LogP contribution in [0, 0.1) is 0 Å². The lowest BCUT2D eigenvalue weighted by molar-refractivity contribution is -0.0126. The van der Waals surface area contributed by atoms with Crippen LogP contribution in [0.25, 0.3) is 0 Å². The summed E-state index contributed by atoms with van der Waals surface area (Å²) in [5, 5.41) is 7.71. The van der Waals surface area contributed by atoms with Gasteiger partial charge < -0.3 is 9.30 Å². The molecule has 1 aromatic rings. The predicted molar refractivity (Wildman–Crippen MR) is 43.4 cm³/mol. The first kappa shape index (κ1) is 7.73. The largest absolute Gasteiger partial charge is 0.370 e. The SMILES string of the molecule is Cn1cnnc1COC1CCC1. The van der Waals surface area contributed by atoms with Gasteiger partial charge in [-0.25, -0.2) is 0 Å². The molecule has 4 nitrogen and oxygen atoms in total. The minimum absolute atomic E-state index is 0.474. The van der Waals surface area contributed by atoms with Crippen LogP contribution in [-0.2, 0) is 18.4 Å². The van der Waals surface area contributed by atoms with Crippen molar-refractivity contribution in [3.8, 4) is 0 Å². The van der Waals surface area contributed by atoms with Gasteiger partial charge in [0.2, 0.25) is 0 Å². The summed E-state index contributed by atoms with van der Waals surface area (Å²) in [4.78, 5) is 0. The Morgan fingerprint density at radius 1 is 1.67 bits per heavy atom. The van der Waals surface area contributed by atoms with E-state index in [1.807, 2.05) is 11.6 Å². The summed E-state index contributed by atoms with van der Waals surface area (Å²) in [5.74, 6) is 0.905. The molecule has 0 saturated heterocycles. The molecule has 12 heavy (non-hydrogen) atoms. The van der Waals surface area contributed by atoms with Gasteiger partial charge in [-0.3, -0.25) is 0 Å². The zero-order valence-electron chi connectivity index (χ0n) is 7.23. The average molecular weight is 167 g/mol. The molecule has 1 aromatic heterocycles. The topological polar surface area (TPSA) is 39.9 Å². The number of rotatable bonds is 3. The Bertz CT molecular complexity index is 255. The molecule has 0 bridgehead atoms. The van der Waals surface area contributed by atoms with Crippen LogP contribution in [0.1, 0.15) is 25.1 Å². The zero-order chi connectivity index (χ0) is 8.39. The van der Waals surface area contributed by atoms with E-state index >= 15 is 0 Å². The molecule has 1 fully saturated rings. The van der Waals surface area contributed by atoms with Crippen molar-refractivity contribution in [2.24, 2.45) is 7.05 Å². The van der Waals surface area contributed by atoms with Crippen molar-refractivity contribution in [3.63, 3.8) is 0 Å². The second-order valence-corrected chi connectivity index (χ2v) is 3.22. The van der Waals surface area contributed by atoms with Crippen molar-refractivity contribution >= 4 is 0 Å². The number of hydrogen-bond acceptors (Lipinski definition) is 3. The van der Waals surface area contributed by atoms with E-state index in [9.17, 15) is 0 Å². The quantitative estimate of drug-likeness (QED) is 0.671. The van der Waals surface area contributed by atoms with Gasteiger partial charge in [-0.2, -0.15) is 0 Å². The third-order valence-corrected chi connectivity index (χ3v) is 2.31. The maximum Gasteiger partial charge on any atom is 0.158 e. The Balaban J connectivity index is 1.82. The molecule has 0 unspecified atom stereocenters. The van der Waals surface area contributed by atoms with Crippen LogP contribution in [0.15, 0.2) is 6.33 Å². The lowest BCUT2D eigenvalue weighted by Crippen LogP contribution is -2.21. The lowest BCUT2D eigenvalue weighted by Gasteiger charge is -2.24. The molecule has 0 aliphatic heterocycles. The third kappa shape index (κ3) is 1.48. The second-order valence-electron chi connectivity index (χ2n) is 3.22. The molecule has 2 rings (SSSR count). The maximum absolute atomic E-state index is 5.58. The van der Waals surface area contributed by atoms with Gasteiger partial charge in [-0.1, -0.05) is 0 Å². The summed E-state index contributed by atoms with van der Waals surface area (Å²) in [7, 11) is 1.93. The molecule has 0 aromatic carbocycles. The Morgan fingerprint density at radius 2 is 2.50 bits per heavy atom. The van der Waals surface area contributed by atoms with Crippen LogP contribution in [0.5, 0.6) is 0 Å². The molecule has 0 spiro atoms. The summed E-state index contributed by atoms with van der Waals surface area (Å²) in [6.45, 7) is 0.598. The van der Waals surface area contributed by atoms with E-state index in [0.29, 0.717) is 12.7 Å². The molecule has 0 atom stereocenters. The number of nitrogens with zero attached hydrogens (tertiary/aromatic N) is 3. The van der Waals surface area contributed by atoms with Crippen molar-refractivity contribution in [3.05, 3.63) is 12.2 Å². The van der Waals surface area contributed by atoms with Gasteiger partial charge in [0.05, 0.1) is 6.10 Å². The first-order chi connectivity index (χ1) is 5.86. The van der Waals surface area contributed by atoms with Crippen molar-refractivity contribution in [2.45, 2.75) is 32.0 Å². The molecule has 0 amide bonds. The molecular weight excluding hydrogens is 154 g/mol. The zero-order valence-corrected chi connectivity index (χ0v) is 7.23. The van der Waals surface area contributed by atoms with Crippen molar-refractivity contribution in [1.29, 1.82) is 0 Å². The first-order valence-corrected chi connectivity index (χ1v) is 4.31. The highest BCUT2D eigenvalue weighted by molar-refractivity contribution is 4.81. The smallest absolute Gasteiger partial charge is 0.158 e. The molecule has 0 N–H and O–H groups in total. The fourth-order valence-corrected chi connectivity index (χ4v) is 1.17. The van der Waals surface area contributed by atoms with Gasteiger partial charge in [0.25, 0.3) is 0 Å². The van der Waals surface area contributed by atoms with E-state index in [2.05, 4.69) is 10.2 Å². The number of aryl methyl sites for hydroxylation is 1. The fraction of sp³-hybridized carbons (Fsp3) is 0.750. The van der Waals surface area contributed by atoms with E-state index in [-0.39, 0.29) is 0 Å². The highest BCUT2D eigenvalue weighted by Gasteiger charge is 2.18. The highest BCUT2D eigenvalue weighted by Crippen LogP contribution is 2.22. The predicted octanol–water partition coefficient (Wildman–Crippen LogP) is 0.884. The number of aromatic nitrogens is 3. The first-order valence-electron chi connectivity index (χ1n) is 4.31. The second kappa shape index (κ2) is 3.23. The summed E-state index contributed by atoms with van der Waals surface area (Å²) < 4.78 is 7.47. The van der Waals surface area contributed by atoms with E-state index in [4.69, 9.17) is 4.74 Å². The van der Waals surface area contributed by atoms with Crippen LogP contribution in [0.2, 0.25) is 0 Å². The van der Waals surface area contributed by atoms with Crippen molar-refractivity contribution < 1.29 is 4.74 Å². The summed E-state index contributed by atoms with van der Waals surface area (Å²) in [5.41, 5.74) is 0. The lowest BCUT2D eigenvalue weighted by atomic mass is 9.96. The molecule has 0 radical (unpaired) electrons. The number of ether oxygens (including phenoxy) is 1. The van der Waals surface area contributed by atoms with Gasteiger partial charge in [-0.05, 0) is 19.3 Å². The van der Waals surface area contributed by atoms with Gasteiger partial charge in [-0.15, -0.1) is 10.2 Å². The van der Waals surface area contributed by atoms with Crippen molar-refractivity contribution in [2.75, 3.05) is 0 Å². The van der Waals surface area contributed by atoms with Crippen LogP contribution >= 0.6 is 0 Å². The minimum atomic E-state index is 0.474. The van der Waals surface area contributed by atoms with E-state index in [0.717, 1.165) is 5.82 Å². The molecule has 1 aliphatic carbocycles. The van der Waals surface area contributed by atoms with Crippen LogP contribution in [-0.4, -0.2) is 20.9 Å². The van der Waals surface area contributed by atoms with Gasteiger partial charge in [0.15, 0.2) is 5.82 Å². The highest BCUT2D eigenvalue weighted by atomic mass is 16.5. The molecule has 1 aliphatic rings. The standard InChI is InChI=1S/C8H13N3O/c1-11-6-9-10-8(11)5-12-7-3-2-4-7/h6-7H,2-5H2,1H3. The Labute approximate surface area is 71.6 Å². The van der Waals surface area contributed by atoms with Gasteiger partial charge in [0, 0.05) is 7.05 Å². The van der Waals surface area contributed by atoms with E-state index in [1.54, 1.807) is 6.33 Å². The maximum atomic E-state index is 5.58. The minimum Gasteiger partial charge on any atom is -0.370 e. The van der Waals surface area contributed by atoms with E-state index < -0.39 is 0 Å². The third-order valence-electron chi connectivity index (χ3n) is 2.31. The Morgan fingerprint density at radius 3 is 3.00 bits per heavy atom. The monoisotopic (exact) mass is 167 g/mol. The number of hydrogen-bond donors (Lipinski definition) is 0. The van der Waals surface area contributed by atoms with E-state index in [1.165, 1.54) is 19.3 Å². The summed E-state index contributed by atoms with van der Waals surface area (Å²) in [6.07, 6.45) is 5.89. The van der Waals surface area contributed by atoms with Crippen molar-refractivity contribution in [1.82, 2.24) is 14.8 Å². The molecular formula is C8H13N3O. The molecule has 1 heterocycles. The Kier molecular flexibility index (Phi) is 2.08. The summed E-state index contributed by atoms with van der Waals surface area (Å²) >= 11 is 0. The molecule has 4 heteroatoms. The van der Waals surface area contributed by atoms with Crippen LogP contribution in [0.4, 0.5) is 0 Å².